The average Bonchev–Trinajstić information content (AvgIpc) is 3.47. The smallest absolute Gasteiger partial charge is 0.253 e. The van der Waals surface area contributed by atoms with Gasteiger partial charge in [0.1, 0.15) is 18.5 Å². The third-order valence-corrected chi connectivity index (χ3v) is 5.07. The Morgan fingerprint density at radius 1 is 1.48 bits per heavy atom. The van der Waals surface area contributed by atoms with Crippen LogP contribution in [0.25, 0.3) is 0 Å². The molecule has 1 atom stereocenters. The Kier molecular flexibility index (Phi) is 6.41. The summed E-state index contributed by atoms with van der Waals surface area (Å²) in [5.74, 6) is -0.469. The Labute approximate surface area is 158 Å². The van der Waals surface area contributed by atoms with Gasteiger partial charge in [0.25, 0.3) is 5.91 Å². The Morgan fingerprint density at radius 2 is 2.26 bits per heavy atom. The Hall–Kier alpha value is -2.03. The normalized spacial score (nSPS) is 18.7. The molecular formula is C19H27FN4O3. The second-order valence-electron chi connectivity index (χ2n) is 7.03. The molecule has 0 aromatic heterocycles. The van der Waals surface area contributed by atoms with E-state index >= 15 is 0 Å². The first-order valence-electron chi connectivity index (χ1n) is 9.46. The van der Waals surface area contributed by atoms with E-state index in [0.717, 1.165) is 6.54 Å². The van der Waals surface area contributed by atoms with Crippen LogP contribution in [0.4, 0.5) is 15.8 Å². The van der Waals surface area contributed by atoms with Gasteiger partial charge in [-0.05, 0) is 43.5 Å². The molecule has 1 saturated heterocycles. The Bertz CT molecular complexity index is 696. The molecule has 3 N–H and O–H groups in total. The molecule has 3 rings (SSSR count). The van der Waals surface area contributed by atoms with Gasteiger partial charge in [-0.25, -0.2) is 4.39 Å². The van der Waals surface area contributed by atoms with Crippen molar-refractivity contribution < 1.29 is 18.7 Å². The van der Waals surface area contributed by atoms with Gasteiger partial charge in [-0.15, -0.1) is 0 Å². The highest BCUT2D eigenvalue weighted by atomic mass is 19.1. The molecule has 0 unspecified atom stereocenters. The van der Waals surface area contributed by atoms with Crippen molar-refractivity contribution in [2.75, 3.05) is 49.6 Å². The Morgan fingerprint density at radius 3 is 2.85 bits per heavy atom. The van der Waals surface area contributed by atoms with Crippen LogP contribution in [0.1, 0.15) is 19.8 Å². The molecule has 1 aliphatic carbocycles. The highest BCUT2D eigenvalue weighted by Crippen LogP contribution is 2.30. The van der Waals surface area contributed by atoms with E-state index in [0.29, 0.717) is 31.3 Å². The van der Waals surface area contributed by atoms with Gasteiger partial charge in [-0.3, -0.25) is 14.5 Å². The van der Waals surface area contributed by atoms with E-state index in [4.69, 9.17) is 10.5 Å². The number of hydrogen-bond acceptors (Lipinski definition) is 5. The summed E-state index contributed by atoms with van der Waals surface area (Å²) in [6, 6.07) is 3.88. The minimum absolute atomic E-state index is 0.00780. The molecular weight excluding hydrogens is 351 g/mol. The largest absolute Gasteiger partial charge is 0.370 e. The number of rotatable bonds is 8. The lowest BCUT2D eigenvalue weighted by atomic mass is 10.2. The van der Waals surface area contributed by atoms with E-state index in [1.165, 1.54) is 29.9 Å². The van der Waals surface area contributed by atoms with E-state index in [-0.39, 0.29) is 30.7 Å². The predicted octanol–water partition coefficient (Wildman–Crippen LogP) is 1.19. The quantitative estimate of drug-likeness (QED) is 0.709. The molecule has 1 aromatic rings. The second-order valence-corrected chi connectivity index (χ2v) is 7.03. The van der Waals surface area contributed by atoms with Crippen molar-refractivity contribution in [1.29, 1.82) is 0 Å². The molecule has 1 aromatic carbocycles. The molecule has 1 heterocycles. The van der Waals surface area contributed by atoms with Gasteiger partial charge in [0, 0.05) is 25.3 Å². The third kappa shape index (κ3) is 4.82. The van der Waals surface area contributed by atoms with Crippen LogP contribution in [0.5, 0.6) is 0 Å². The predicted molar refractivity (Wildman–Crippen MR) is 101 cm³/mol. The Balaban J connectivity index is 1.68. The fourth-order valence-corrected chi connectivity index (χ4v) is 3.31. The number of halogens is 1. The number of benzene rings is 1. The van der Waals surface area contributed by atoms with Crippen molar-refractivity contribution in [1.82, 2.24) is 4.90 Å². The van der Waals surface area contributed by atoms with Crippen molar-refractivity contribution >= 4 is 23.2 Å². The summed E-state index contributed by atoms with van der Waals surface area (Å²) in [5, 5.41) is 2.65. The number of carbonyl (C=O) groups is 2. The topological polar surface area (TPSA) is 87.9 Å². The summed E-state index contributed by atoms with van der Waals surface area (Å²) in [6.45, 7) is 4.51. The van der Waals surface area contributed by atoms with Gasteiger partial charge in [0.05, 0.1) is 12.3 Å². The molecule has 0 radical (unpaired) electrons. The molecule has 148 valence electrons. The number of ether oxygens (including phenoxy) is 1. The molecule has 0 bridgehead atoms. The second kappa shape index (κ2) is 8.77. The van der Waals surface area contributed by atoms with Crippen molar-refractivity contribution in [3.05, 3.63) is 24.0 Å². The fraction of sp³-hybridized carbons (Fsp3) is 0.579. The zero-order valence-electron chi connectivity index (χ0n) is 15.6. The van der Waals surface area contributed by atoms with Gasteiger partial charge < -0.3 is 20.7 Å². The summed E-state index contributed by atoms with van der Waals surface area (Å²) < 4.78 is 19.6. The summed E-state index contributed by atoms with van der Waals surface area (Å²) in [4.78, 5) is 28.1. The van der Waals surface area contributed by atoms with Crippen LogP contribution in [0, 0.1) is 11.7 Å². The van der Waals surface area contributed by atoms with Crippen molar-refractivity contribution in [3.8, 4) is 0 Å². The number of likely N-dealkylation sites (N-methyl/N-ethyl adjacent to an activating group) is 1. The number of anilines is 2. The first-order chi connectivity index (χ1) is 13.0. The van der Waals surface area contributed by atoms with E-state index in [1.54, 1.807) is 6.07 Å². The van der Waals surface area contributed by atoms with E-state index in [2.05, 4.69) is 5.32 Å². The first kappa shape index (κ1) is 19.7. The lowest BCUT2D eigenvalue weighted by Gasteiger charge is -2.29. The maximum absolute atomic E-state index is 14.5. The SMILES string of the molecule is CCN(CC1CC1)[C@@H](CN)C(=O)Nc1ccc(N2CCOCC2=O)cc1F. The van der Waals surface area contributed by atoms with E-state index in [1.807, 2.05) is 11.8 Å². The van der Waals surface area contributed by atoms with Crippen LogP contribution in [-0.2, 0) is 14.3 Å². The molecule has 1 saturated carbocycles. The molecule has 2 fully saturated rings. The summed E-state index contributed by atoms with van der Waals surface area (Å²) >= 11 is 0. The third-order valence-electron chi connectivity index (χ3n) is 5.07. The van der Waals surface area contributed by atoms with Crippen LogP contribution in [0.15, 0.2) is 18.2 Å². The first-order valence-corrected chi connectivity index (χ1v) is 9.46. The van der Waals surface area contributed by atoms with Gasteiger partial charge in [-0.1, -0.05) is 6.92 Å². The molecule has 1 aliphatic heterocycles. The lowest BCUT2D eigenvalue weighted by Crippen LogP contribution is -2.49. The highest BCUT2D eigenvalue weighted by molar-refractivity contribution is 5.97. The number of hydrogen-bond donors (Lipinski definition) is 2. The van der Waals surface area contributed by atoms with Crippen LogP contribution in [-0.4, -0.2) is 62.1 Å². The van der Waals surface area contributed by atoms with Crippen molar-refractivity contribution in [2.45, 2.75) is 25.8 Å². The molecule has 0 spiro atoms. The maximum atomic E-state index is 14.5. The monoisotopic (exact) mass is 378 g/mol. The van der Waals surface area contributed by atoms with Gasteiger partial charge >= 0.3 is 0 Å². The molecule has 8 heteroatoms. The summed E-state index contributed by atoms with van der Waals surface area (Å²) in [5.41, 5.74) is 6.37. The van der Waals surface area contributed by atoms with Crippen LogP contribution in [0.2, 0.25) is 0 Å². The van der Waals surface area contributed by atoms with Gasteiger partial charge in [-0.2, -0.15) is 0 Å². The number of nitrogens with zero attached hydrogens (tertiary/aromatic N) is 2. The molecule has 2 aliphatic rings. The number of morpholine rings is 1. The average molecular weight is 378 g/mol. The summed E-state index contributed by atoms with van der Waals surface area (Å²) in [6.07, 6.45) is 2.37. The fourth-order valence-electron chi connectivity index (χ4n) is 3.31. The molecule has 2 amide bonds. The molecule has 27 heavy (non-hydrogen) atoms. The standard InChI is InChI=1S/C19H27FN4O3/c1-2-23(11-13-3-4-13)17(10-21)19(26)22-16-6-5-14(9-15(16)20)24-7-8-27-12-18(24)25/h5-6,9,13,17H,2-4,7-8,10-12,21H2,1H3,(H,22,26)/t17-/m0/s1. The van der Waals surface area contributed by atoms with Crippen LogP contribution < -0.4 is 16.0 Å². The lowest BCUT2D eigenvalue weighted by molar-refractivity contribution is -0.125. The van der Waals surface area contributed by atoms with Crippen molar-refractivity contribution in [3.63, 3.8) is 0 Å². The molecule has 7 nitrogen and oxygen atoms in total. The zero-order chi connectivity index (χ0) is 19.4. The van der Waals surface area contributed by atoms with Crippen molar-refractivity contribution in [2.24, 2.45) is 11.7 Å². The zero-order valence-corrected chi connectivity index (χ0v) is 15.6. The van der Waals surface area contributed by atoms with E-state index < -0.39 is 11.9 Å². The van der Waals surface area contributed by atoms with Crippen LogP contribution in [0.3, 0.4) is 0 Å². The maximum Gasteiger partial charge on any atom is 0.253 e. The van der Waals surface area contributed by atoms with E-state index in [9.17, 15) is 14.0 Å². The van der Waals surface area contributed by atoms with Gasteiger partial charge in [0.2, 0.25) is 5.91 Å². The summed E-state index contributed by atoms with van der Waals surface area (Å²) in [7, 11) is 0. The number of carbonyl (C=O) groups excluding carboxylic acids is 2. The highest BCUT2D eigenvalue weighted by Gasteiger charge is 2.30. The number of nitrogens with two attached hydrogens (primary N) is 1. The minimum Gasteiger partial charge on any atom is -0.370 e. The number of nitrogens with one attached hydrogen (secondary N) is 1. The van der Waals surface area contributed by atoms with Crippen LogP contribution >= 0.6 is 0 Å². The number of amides is 2. The minimum atomic E-state index is -0.582. The van der Waals surface area contributed by atoms with Gasteiger partial charge in [0.15, 0.2) is 0 Å².